The minimum Gasteiger partial charge on any atom is -0.462 e. The summed E-state index contributed by atoms with van der Waals surface area (Å²) in [5.74, 6) is -0.855. The van der Waals surface area contributed by atoms with Crippen LogP contribution < -0.4 is 11.1 Å². The molecule has 76 valence electrons. The third kappa shape index (κ3) is 7.27. The van der Waals surface area contributed by atoms with E-state index in [1.807, 2.05) is 13.8 Å². The van der Waals surface area contributed by atoms with Crippen LogP contribution in [-0.2, 0) is 14.3 Å². The number of nitrogens with two attached hydrogens (primary N) is 1. The third-order valence-corrected chi connectivity index (χ3v) is 1.48. The van der Waals surface area contributed by atoms with Crippen molar-refractivity contribution in [2.75, 3.05) is 13.1 Å². The van der Waals surface area contributed by atoms with Gasteiger partial charge in [0, 0.05) is 0 Å². The van der Waals surface area contributed by atoms with Gasteiger partial charge in [-0.05, 0) is 13.3 Å². The fraction of sp³-hybridized carbons (Fsp3) is 0.750. The second-order valence-electron chi connectivity index (χ2n) is 2.78. The van der Waals surface area contributed by atoms with Crippen molar-refractivity contribution >= 4 is 11.9 Å². The van der Waals surface area contributed by atoms with Crippen molar-refractivity contribution in [2.24, 2.45) is 5.73 Å². The Labute approximate surface area is 77.6 Å². The average molecular weight is 188 g/mol. The largest absolute Gasteiger partial charge is 0.462 e. The van der Waals surface area contributed by atoms with Gasteiger partial charge in [-0.3, -0.25) is 14.9 Å². The lowest BCUT2D eigenvalue weighted by Gasteiger charge is -2.10. The highest BCUT2D eigenvalue weighted by atomic mass is 16.5. The van der Waals surface area contributed by atoms with Crippen LogP contribution >= 0.6 is 0 Å². The lowest BCUT2D eigenvalue weighted by molar-refractivity contribution is -0.147. The Kier molecular flexibility index (Phi) is 5.88. The molecule has 0 aliphatic heterocycles. The van der Waals surface area contributed by atoms with Crippen molar-refractivity contribution < 1.29 is 14.3 Å². The van der Waals surface area contributed by atoms with Gasteiger partial charge in [0.05, 0.1) is 19.2 Å². The second-order valence-corrected chi connectivity index (χ2v) is 2.78. The summed E-state index contributed by atoms with van der Waals surface area (Å²) in [6.45, 7) is 3.75. The summed E-state index contributed by atoms with van der Waals surface area (Å²) in [7, 11) is 0. The van der Waals surface area contributed by atoms with Crippen LogP contribution in [-0.4, -0.2) is 31.1 Å². The van der Waals surface area contributed by atoms with Crippen molar-refractivity contribution in [3.63, 3.8) is 0 Å². The molecule has 0 saturated heterocycles. The van der Waals surface area contributed by atoms with E-state index in [2.05, 4.69) is 5.32 Å². The van der Waals surface area contributed by atoms with E-state index in [1.54, 1.807) is 0 Å². The van der Waals surface area contributed by atoms with Gasteiger partial charge in [0.1, 0.15) is 0 Å². The molecule has 1 atom stereocenters. The van der Waals surface area contributed by atoms with E-state index in [0.717, 1.165) is 6.42 Å². The molecule has 0 aromatic heterocycles. The van der Waals surface area contributed by atoms with Crippen LogP contribution in [0.2, 0.25) is 0 Å². The zero-order valence-corrected chi connectivity index (χ0v) is 8.00. The summed E-state index contributed by atoms with van der Waals surface area (Å²) in [5.41, 5.74) is 4.85. The van der Waals surface area contributed by atoms with E-state index >= 15 is 0 Å². The number of carbonyl (C=O) groups is 2. The van der Waals surface area contributed by atoms with E-state index < -0.39 is 5.91 Å². The summed E-state index contributed by atoms with van der Waals surface area (Å²) in [6.07, 6.45) is 0.699. The Morgan fingerprint density at radius 1 is 1.46 bits per heavy atom. The van der Waals surface area contributed by atoms with E-state index in [1.165, 1.54) is 0 Å². The highest BCUT2D eigenvalue weighted by Crippen LogP contribution is 1.95. The van der Waals surface area contributed by atoms with Gasteiger partial charge >= 0.3 is 5.97 Å². The third-order valence-electron chi connectivity index (χ3n) is 1.48. The van der Waals surface area contributed by atoms with Crippen molar-refractivity contribution in [2.45, 2.75) is 26.4 Å². The number of amides is 1. The average Bonchev–Trinajstić information content (AvgIpc) is 2.03. The Balaban J connectivity index is 3.46. The summed E-state index contributed by atoms with van der Waals surface area (Å²) < 4.78 is 4.93. The number of hydrogen-bond donors (Lipinski definition) is 2. The number of carbonyl (C=O) groups excluding carboxylic acids is 2. The molecule has 0 aliphatic rings. The minimum absolute atomic E-state index is 0.00436. The Bertz CT molecular complexity index is 182. The first kappa shape index (κ1) is 11.9. The molecule has 13 heavy (non-hydrogen) atoms. The van der Waals surface area contributed by atoms with Gasteiger partial charge in [-0.2, -0.15) is 0 Å². The first-order chi connectivity index (χ1) is 6.06. The number of ether oxygens (including phenoxy) is 1. The van der Waals surface area contributed by atoms with Crippen molar-refractivity contribution in [1.82, 2.24) is 5.32 Å². The number of nitrogens with one attached hydrogen (secondary N) is 1. The second kappa shape index (κ2) is 6.42. The summed E-state index contributed by atoms with van der Waals surface area (Å²) >= 11 is 0. The summed E-state index contributed by atoms with van der Waals surface area (Å²) in [4.78, 5) is 21.2. The van der Waals surface area contributed by atoms with E-state index in [9.17, 15) is 9.59 Å². The number of esters is 1. The maximum Gasteiger partial charge on any atom is 0.320 e. The van der Waals surface area contributed by atoms with Gasteiger partial charge < -0.3 is 10.5 Å². The maximum absolute atomic E-state index is 11.0. The number of rotatable bonds is 6. The predicted octanol–water partition coefficient (Wildman–Crippen LogP) is -0.597. The van der Waals surface area contributed by atoms with Gasteiger partial charge in [-0.15, -0.1) is 0 Å². The van der Waals surface area contributed by atoms with Crippen LogP contribution in [0, 0.1) is 0 Å². The standard InChI is InChI=1S/C8H16N2O3/c1-3-6(2)13-8(12)5-10-4-7(9)11/h6,10H,3-5H2,1-2H3,(H2,9,11). The minimum atomic E-state index is -0.490. The normalized spacial score (nSPS) is 12.2. The molecular formula is C8H16N2O3. The lowest BCUT2D eigenvalue weighted by Crippen LogP contribution is -2.34. The quantitative estimate of drug-likeness (QED) is 0.545. The van der Waals surface area contributed by atoms with Crippen LogP contribution in [0.1, 0.15) is 20.3 Å². The number of hydrogen-bond acceptors (Lipinski definition) is 4. The molecule has 0 fully saturated rings. The smallest absolute Gasteiger partial charge is 0.320 e. The molecule has 5 heteroatoms. The molecular weight excluding hydrogens is 172 g/mol. The monoisotopic (exact) mass is 188 g/mol. The Hall–Kier alpha value is -1.10. The van der Waals surface area contributed by atoms with Crippen LogP contribution in [0.25, 0.3) is 0 Å². The molecule has 1 unspecified atom stereocenters. The van der Waals surface area contributed by atoms with E-state index in [4.69, 9.17) is 10.5 Å². The molecule has 1 amide bonds. The SMILES string of the molecule is CCC(C)OC(=O)CNCC(N)=O. The molecule has 0 spiro atoms. The lowest BCUT2D eigenvalue weighted by atomic mass is 10.3. The zero-order valence-electron chi connectivity index (χ0n) is 8.00. The Morgan fingerprint density at radius 2 is 2.08 bits per heavy atom. The molecule has 0 rings (SSSR count). The molecule has 0 radical (unpaired) electrons. The first-order valence-corrected chi connectivity index (χ1v) is 4.24. The first-order valence-electron chi connectivity index (χ1n) is 4.24. The molecule has 0 bridgehead atoms. The fourth-order valence-electron chi connectivity index (χ4n) is 0.637. The molecule has 0 saturated carbocycles. The fourth-order valence-corrected chi connectivity index (χ4v) is 0.637. The van der Waals surface area contributed by atoms with Crippen molar-refractivity contribution in [1.29, 1.82) is 0 Å². The Morgan fingerprint density at radius 3 is 2.54 bits per heavy atom. The molecule has 0 aliphatic carbocycles. The van der Waals surface area contributed by atoms with E-state index in [-0.39, 0.29) is 25.2 Å². The maximum atomic E-state index is 11.0. The predicted molar refractivity (Wildman–Crippen MR) is 47.9 cm³/mol. The van der Waals surface area contributed by atoms with E-state index in [0.29, 0.717) is 0 Å². The highest BCUT2D eigenvalue weighted by molar-refractivity contribution is 5.77. The van der Waals surface area contributed by atoms with Gasteiger partial charge in [0.25, 0.3) is 0 Å². The van der Waals surface area contributed by atoms with Crippen molar-refractivity contribution in [3.05, 3.63) is 0 Å². The summed E-state index contributed by atoms with van der Waals surface area (Å²) in [6, 6.07) is 0. The highest BCUT2D eigenvalue weighted by Gasteiger charge is 2.06. The topological polar surface area (TPSA) is 81.4 Å². The van der Waals surface area contributed by atoms with Gasteiger partial charge in [-0.1, -0.05) is 6.92 Å². The number of primary amides is 1. The summed E-state index contributed by atoms with van der Waals surface area (Å²) in [5, 5.41) is 2.56. The van der Waals surface area contributed by atoms with Crippen LogP contribution in [0.3, 0.4) is 0 Å². The van der Waals surface area contributed by atoms with Crippen LogP contribution in [0.4, 0.5) is 0 Å². The molecule has 0 aromatic rings. The van der Waals surface area contributed by atoms with Crippen LogP contribution in [0.5, 0.6) is 0 Å². The molecule has 0 heterocycles. The van der Waals surface area contributed by atoms with Crippen LogP contribution in [0.15, 0.2) is 0 Å². The van der Waals surface area contributed by atoms with Gasteiger partial charge in [-0.25, -0.2) is 0 Å². The van der Waals surface area contributed by atoms with Gasteiger partial charge in [0.2, 0.25) is 5.91 Å². The molecule has 0 aromatic carbocycles. The van der Waals surface area contributed by atoms with Crippen molar-refractivity contribution in [3.8, 4) is 0 Å². The van der Waals surface area contributed by atoms with Gasteiger partial charge in [0.15, 0.2) is 0 Å². The zero-order chi connectivity index (χ0) is 10.3. The molecule has 3 N–H and O–H groups in total. The molecule has 5 nitrogen and oxygen atoms in total.